The molecule has 1 aromatic carbocycles. The number of aryl methyl sites for hydroxylation is 1. The Bertz CT molecular complexity index is 368. The molecular formula is C15H24ClNO. The highest BCUT2D eigenvalue weighted by molar-refractivity contribution is 6.31. The number of benzene rings is 1. The summed E-state index contributed by atoms with van der Waals surface area (Å²) in [5.74, 6) is 0. The molecule has 3 heteroatoms. The quantitative estimate of drug-likeness (QED) is 0.817. The number of nitrogens with one attached hydrogen (secondary N) is 1. The Morgan fingerprint density at radius 3 is 2.61 bits per heavy atom. The van der Waals surface area contributed by atoms with Crippen molar-refractivity contribution in [1.82, 2.24) is 5.32 Å². The molecule has 2 nitrogen and oxygen atoms in total. The summed E-state index contributed by atoms with van der Waals surface area (Å²) in [6.07, 6.45) is 1.08. The topological polar surface area (TPSA) is 21.3 Å². The molecule has 0 amide bonds. The molecule has 0 aliphatic carbocycles. The fourth-order valence-corrected chi connectivity index (χ4v) is 2.41. The van der Waals surface area contributed by atoms with Crippen LogP contribution in [0.5, 0.6) is 0 Å². The van der Waals surface area contributed by atoms with Crippen molar-refractivity contribution in [3.8, 4) is 0 Å². The number of hydrogen-bond donors (Lipinski definition) is 1. The van der Waals surface area contributed by atoms with E-state index >= 15 is 0 Å². The molecule has 0 fully saturated rings. The summed E-state index contributed by atoms with van der Waals surface area (Å²) in [7, 11) is 0. The van der Waals surface area contributed by atoms with E-state index in [4.69, 9.17) is 16.3 Å². The molecule has 1 rings (SSSR count). The molecule has 1 aromatic rings. The number of hydrogen-bond acceptors (Lipinski definition) is 2. The van der Waals surface area contributed by atoms with E-state index in [1.165, 1.54) is 11.1 Å². The Balaban J connectivity index is 2.75. The molecule has 1 N–H and O–H groups in total. The zero-order chi connectivity index (χ0) is 13.5. The highest BCUT2D eigenvalue weighted by atomic mass is 35.5. The van der Waals surface area contributed by atoms with Gasteiger partial charge in [0.15, 0.2) is 0 Å². The Morgan fingerprint density at radius 1 is 1.33 bits per heavy atom. The summed E-state index contributed by atoms with van der Waals surface area (Å²) in [5, 5.41) is 4.32. The van der Waals surface area contributed by atoms with E-state index in [2.05, 4.69) is 38.2 Å². The van der Waals surface area contributed by atoms with Gasteiger partial charge in [-0.25, -0.2) is 0 Å². The minimum absolute atomic E-state index is 0.187. The van der Waals surface area contributed by atoms with Gasteiger partial charge in [0.2, 0.25) is 0 Å². The lowest BCUT2D eigenvalue weighted by Gasteiger charge is -2.25. The normalized spacial score (nSPS) is 14.5. The van der Waals surface area contributed by atoms with Crippen LogP contribution in [0.3, 0.4) is 0 Å². The maximum atomic E-state index is 6.29. The molecule has 0 aromatic heterocycles. The van der Waals surface area contributed by atoms with Crippen LogP contribution in [-0.4, -0.2) is 25.3 Å². The molecule has 0 saturated carbocycles. The molecule has 0 heterocycles. The monoisotopic (exact) mass is 269 g/mol. The van der Waals surface area contributed by atoms with Gasteiger partial charge in [-0.1, -0.05) is 30.7 Å². The van der Waals surface area contributed by atoms with Crippen molar-refractivity contribution in [3.63, 3.8) is 0 Å². The molecule has 0 radical (unpaired) electrons. The van der Waals surface area contributed by atoms with Crippen molar-refractivity contribution in [2.24, 2.45) is 0 Å². The second kappa shape index (κ2) is 7.78. The number of likely N-dealkylation sites (N-methyl/N-ethyl adjacent to an activating group) is 1. The van der Waals surface area contributed by atoms with Crippen LogP contribution in [0.25, 0.3) is 0 Å². The average molecular weight is 270 g/mol. The van der Waals surface area contributed by atoms with Gasteiger partial charge in [0.1, 0.15) is 0 Å². The van der Waals surface area contributed by atoms with Crippen LogP contribution < -0.4 is 5.32 Å². The lowest BCUT2D eigenvalue weighted by molar-refractivity contribution is 0.0480. The van der Waals surface area contributed by atoms with Crippen LogP contribution in [0.1, 0.15) is 31.9 Å². The lowest BCUT2D eigenvalue weighted by atomic mass is 10.0. The number of rotatable bonds is 7. The summed E-state index contributed by atoms with van der Waals surface area (Å²) >= 11 is 6.29. The molecule has 18 heavy (non-hydrogen) atoms. The zero-order valence-electron chi connectivity index (χ0n) is 11.8. The van der Waals surface area contributed by atoms with Crippen molar-refractivity contribution < 1.29 is 4.74 Å². The first-order valence-electron chi connectivity index (χ1n) is 6.68. The van der Waals surface area contributed by atoms with Crippen molar-refractivity contribution in [1.29, 1.82) is 0 Å². The minimum Gasteiger partial charge on any atom is -0.377 e. The smallest absolute Gasteiger partial charge is 0.0703 e. The first-order valence-corrected chi connectivity index (χ1v) is 7.06. The predicted molar refractivity (Wildman–Crippen MR) is 78.4 cm³/mol. The summed E-state index contributed by atoms with van der Waals surface area (Å²) in [5.41, 5.74) is 2.38. The van der Waals surface area contributed by atoms with E-state index < -0.39 is 0 Å². The van der Waals surface area contributed by atoms with Crippen LogP contribution in [0.2, 0.25) is 5.02 Å². The van der Waals surface area contributed by atoms with Gasteiger partial charge >= 0.3 is 0 Å². The van der Waals surface area contributed by atoms with Crippen molar-refractivity contribution in [2.45, 2.75) is 46.3 Å². The summed E-state index contributed by atoms with van der Waals surface area (Å²) < 4.78 is 5.69. The van der Waals surface area contributed by atoms with Crippen LogP contribution in [0.4, 0.5) is 0 Å². The summed E-state index contributed by atoms with van der Waals surface area (Å²) in [4.78, 5) is 0. The SMILES string of the molecule is CCNC(Cc1ccc(C)cc1Cl)C(C)OCC. The molecular weight excluding hydrogens is 246 g/mol. The Kier molecular flexibility index (Phi) is 6.69. The third kappa shape index (κ3) is 4.60. The minimum atomic E-state index is 0.187. The fraction of sp³-hybridized carbons (Fsp3) is 0.600. The second-order valence-corrected chi connectivity index (χ2v) is 5.03. The Hall–Kier alpha value is -0.570. The highest BCUT2D eigenvalue weighted by Crippen LogP contribution is 2.20. The molecule has 0 saturated heterocycles. The maximum Gasteiger partial charge on any atom is 0.0703 e. The summed E-state index contributed by atoms with van der Waals surface area (Å²) in [6, 6.07) is 6.54. The van der Waals surface area contributed by atoms with Gasteiger partial charge in [0.05, 0.1) is 6.10 Å². The first kappa shape index (κ1) is 15.5. The highest BCUT2D eigenvalue weighted by Gasteiger charge is 2.18. The van der Waals surface area contributed by atoms with Crippen LogP contribution in [0, 0.1) is 6.92 Å². The average Bonchev–Trinajstić information content (AvgIpc) is 2.32. The molecule has 102 valence electrons. The van der Waals surface area contributed by atoms with E-state index in [1.807, 2.05) is 13.0 Å². The molecule has 2 atom stereocenters. The van der Waals surface area contributed by atoms with Crippen molar-refractivity contribution in [3.05, 3.63) is 34.3 Å². The van der Waals surface area contributed by atoms with Gasteiger partial charge in [-0.2, -0.15) is 0 Å². The Morgan fingerprint density at radius 2 is 2.06 bits per heavy atom. The fourth-order valence-electron chi connectivity index (χ4n) is 2.10. The number of ether oxygens (including phenoxy) is 1. The van der Waals surface area contributed by atoms with E-state index in [-0.39, 0.29) is 6.10 Å². The van der Waals surface area contributed by atoms with E-state index in [0.29, 0.717) is 6.04 Å². The molecule has 2 unspecified atom stereocenters. The van der Waals surface area contributed by atoms with Gasteiger partial charge < -0.3 is 10.1 Å². The van der Waals surface area contributed by atoms with Gasteiger partial charge in [-0.05, 0) is 50.9 Å². The largest absolute Gasteiger partial charge is 0.377 e. The standard InChI is InChI=1S/C15H24ClNO/c1-5-17-15(12(4)18-6-2)10-13-8-7-11(3)9-14(13)16/h7-9,12,15,17H,5-6,10H2,1-4H3. The van der Waals surface area contributed by atoms with Crippen molar-refractivity contribution in [2.75, 3.05) is 13.2 Å². The molecule has 0 aliphatic heterocycles. The lowest BCUT2D eigenvalue weighted by Crippen LogP contribution is -2.41. The van der Waals surface area contributed by atoms with Gasteiger partial charge in [-0.3, -0.25) is 0 Å². The third-order valence-electron chi connectivity index (χ3n) is 3.11. The molecule has 0 aliphatic rings. The molecule has 0 bridgehead atoms. The number of halogens is 1. The maximum absolute atomic E-state index is 6.29. The van der Waals surface area contributed by atoms with E-state index in [9.17, 15) is 0 Å². The van der Waals surface area contributed by atoms with Crippen LogP contribution in [0.15, 0.2) is 18.2 Å². The first-order chi connectivity index (χ1) is 8.58. The van der Waals surface area contributed by atoms with Gasteiger partial charge in [0.25, 0.3) is 0 Å². The Labute approximate surface area is 116 Å². The summed E-state index contributed by atoms with van der Waals surface area (Å²) in [6.45, 7) is 9.98. The van der Waals surface area contributed by atoms with Crippen LogP contribution in [-0.2, 0) is 11.2 Å². The van der Waals surface area contributed by atoms with E-state index in [0.717, 1.165) is 24.6 Å². The zero-order valence-corrected chi connectivity index (χ0v) is 12.6. The van der Waals surface area contributed by atoms with Gasteiger partial charge in [0, 0.05) is 17.7 Å². The van der Waals surface area contributed by atoms with E-state index in [1.54, 1.807) is 0 Å². The molecule has 0 spiro atoms. The van der Waals surface area contributed by atoms with Crippen LogP contribution >= 0.6 is 11.6 Å². The second-order valence-electron chi connectivity index (χ2n) is 4.62. The van der Waals surface area contributed by atoms with Crippen molar-refractivity contribution >= 4 is 11.6 Å². The third-order valence-corrected chi connectivity index (χ3v) is 3.46. The predicted octanol–water partition coefficient (Wildman–Crippen LogP) is 3.59. The van der Waals surface area contributed by atoms with Gasteiger partial charge in [-0.15, -0.1) is 0 Å².